The van der Waals surface area contributed by atoms with E-state index in [9.17, 15) is 27.9 Å². The molecule has 0 amide bonds. The monoisotopic (exact) mass is 365 g/mol. The Bertz CT molecular complexity index is 1050. The van der Waals surface area contributed by atoms with Crippen molar-refractivity contribution >= 4 is 16.9 Å². The van der Waals surface area contributed by atoms with Gasteiger partial charge in [-0.15, -0.1) is 5.75 Å². The molecule has 1 heterocycles. The molecule has 3 rings (SSSR count). The summed E-state index contributed by atoms with van der Waals surface area (Å²) in [7, 11) is 0. The highest BCUT2D eigenvalue weighted by Crippen LogP contribution is 2.38. The summed E-state index contributed by atoms with van der Waals surface area (Å²) in [6.45, 7) is 0. The summed E-state index contributed by atoms with van der Waals surface area (Å²) in [5, 5.41) is 19.9. The van der Waals surface area contributed by atoms with Gasteiger partial charge in [0.05, 0.1) is 10.9 Å². The Hall–Kier alpha value is -3.49. The standard InChI is InChI=1S/C17H9F3O6/c18-17(19,20)15-14(25-10-4-1-8(2-5-10)16(23)24)13(22)11-6-3-9(21)7-12(11)26-15/h1-7,21H,(H,23,24)/p-1. The maximum absolute atomic E-state index is 13.3. The smallest absolute Gasteiger partial charge is 0.453 e. The van der Waals surface area contributed by atoms with Crippen molar-refractivity contribution in [3.05, 3.63) is 64.0 Å². The van der Waals surface area contributed by atoms with Gasteiger partial charge >= 0.3 is 12.1 Å². The van der Waals surface area contributed by atoms with E-state index < -0.39 is 40.4 Å². The van der Waals surface area contributed by atoms with Crippen molar-refractivity contribution in [1.29, 1.82) is 0 Å². The molecule has 0 saturated heterocycles. The Morgan fingerprint density at radius 2 is 1.77 bits per heavy atom. The molecule has 0 aliphatic carbocycles. The number of benzene rings is 2. The van der Waals surface area contributed by atoms with E-state index in [0.717, 1.165) is 42.5 Å². The third-order valence-electron chi connectivity index (χ3n) is 3.40. The van der Waals surface area contributed by atoms with E-state index in [4.69, 9.17) is 14.3 Å². The van der Waals surface area contributed by atoms with Gasteiger partial charge in [0.15, 0.2) is 0 Å². The van der Waals surface area contributed by atoms with Crippen LogP contribution in [0.4, 0.5) is 13.2 Å². The van der Waals surface area contributed by atoms with Gasteiger partial charge < -0.3 is 19.4 Å². The summed E-state index contributed by atoms with van der Waals surface area (Å²) >= 11 is 0. The molecule has 1 N–H and O–H groups in total. The van der Waals surface area contributed by atoms with Crippen LogP contribution in [-0.4, -0.2) is 11.1 Å². The van der Waals surface area contributed by atoms with E-state index in [1.165, 1.54) is 0 Å². The van der Waals surface area contributed by atoms with Gasteiger partial charge in [0.1, 0.15) is 11.3 Å². The van der Waals surface area contributed by atoms with Crippen molar-refractivity contribution < 1.29 is 37.3 Å². The summed E-state index contributed by atoms with van der Waals surface area (Å²) in [6.07, 6.45) is -5.05. The lowest BCUT2D eigenvalue weighted by Gasteiger charge is -2.14. The molecular weight excluding hydrogens is 357 g/mol. The molecule has 0 spiro atoms. The average Bonchev–Trinajstić information content (AvgIpc) is 2.56. The zero-order valence-corrected chi connectivity index (χ0v) is 12.7. The van der Waals surface area contributed by atoms with Crippen molar-refractivity contribution in [3.63, 3.8) is 0 Å². The maximum Gasteiger partial charge on any atom is 0.453 e. The number of carbonyl (C=O) groups is 1. The Kier molecular flexibility index (Phi) is 4.07. The van der Waals surface area contributed by atoms with Crippen molar-refractivity contribution in [3.8, 4) is 17.2 Å². The topological polar surface area (TPSA) is 99.8 Å². The molecule has 134 valence electrons. The Labute approximate surface area is 142 Å². The lowest BCUT2D eigenvalue weighted by molar-refractivity contribution is -0.268. The molecular formula is C17H8F3O6-. The van der Waals surface area contributed by atoms with Crippen LogP contribution in [0.1, 0.15) is 16.1 Å². The molecule has 0 aliphatic heterocycles. The Balaban J connectivity index is 2.17. The van der Waals surface area contributed by atoms with E-state index in [2.05, 4.69) is 0 Å². The van der Waals surface area contributed by atoms with Crippen LogP contribution in [0.3, 0.4) is 0 Å². The second-order valence-electron chi connectivity index (χ2n) is 5.18. The summed E-state index contributed by atoms with van der Waals surface area (Å²) in [4.78, 5) is 23.2. The minimum absolute atomic E-state index is 0.109. The highest BCUT2D eigenvalue weighted by atomic mass is 19.4. The summed E-state index contributed by atoms with van der Waals surface area (Å²) < 4.78 is 49.5. The van der Waals surface area contributed by atoms with Crippen molar-refractivity contribution in [2.45, 2.75) is 6.18 Å². The van der Waals surface area contributed by atoms with Crippen LogP contribution < -0.4 is 15.3 Å². The number of hydrogen-bond acceptors (Lipinski definition) is 5. The zero-order valence-electron chi connectivity index (χ0n) is 12.7. The minimum Gasteiger partial charge on any atom is -0.872 e. The van der Waals surface area contributed by atoms with Crippen LogP contribution in [0.25, 0.3) is 11.0 Å². The lowest BCUT2D eigenvalue weighted by atomic mass is 10.2. The van der Waals surface area contributed by atoms with E-state index in [0.29, 0.717) is 0 Å². The summed E-state index contributed by atoms with van der Waals surface area (Å²) in [6, 6.07) is 7.26. The molecule has 1 aromatic heterocycles. The van der Waals surface area contributed by atoms with Gasteiger partial charge in [-0.2, -0.15) is 13.2 Å². The third kappa shape index (κ3) is 3.18. The van der Waals surface area contributed by atoms with Crippen molar-refractivity contribution in [1.82, 2.24) is 0 Å². The molecule has 26 heavy (non-hydrogen) atoms. The normalized spacial score (nSPS) is 11.5. The van der Waals surface area contributed by atoms with Gasteiger partial charge in [-0.05, 0) is 36.4 Å². The highest BCUT2D eigenvalue weighted by Gasteiger charge is 2.40. The molecule has 6 nitrogen and oxygen atoms in total. The number of alkyl halides is 3. The number of halogens is 3. The van der Waals surface area contributed by atoms with Crippen LogP contribution in [0.5, 0.6) is 17.2 Å². The van der Waals surface area contributed by atoms with Crippen LogP contribution >= 0.6 is 0 Å². The first-order valence-electron chi connectivity index (χ1n) is 7.03. The van der Waals surface area contributed by atoms with Crippen molar-refractivity contribution in [2.24, 2.45) is 0 Å². The van der Waals surface area contributed by atoms with E-state index >= 15 is 0 Å². The first-order valence-corrected chi connectivity index (χ1v) is 7.03. The fourth-order valence-corrected chi connectivity index (χ4v) is 2.22. The molecule has 2 aromatic carbocycles. The van der Waals surface area contributed by atoms with Gasteiger partial charge in [-0.3, -0.25) is 4.79 Å². The Morgan fingerprint density at radius 3 is 2.35 bits per heavy atom. The van der Waals surface area contributed by atoms with Gasteiger partial charge in [0.25, 0.3) is 5.76 Å². The van der Waals surface area contributed by atoms with Crippen molar-refractivity contribution in [2.75, 3.05) is 0 Å². The molecule has 0 saturated carbocycles. The predicted octanol–water partition coefficient (Wildman–Crippen LogP) is 3.38. The summed E-state index contributed by atoms with van der Waals surface area (Å²) in [5.41, 5.74) is -1.73. The number of aromatic carboxylic acids is 1. The maximum atomic E-state index is 13.3. The van der Waals surface area contributed by atoms with Crippen LogP contribution in [0, 0.1) is 0 Å². The van der Waals surface area contributed by atoms with E-state index in [1.54, 1.807) is 0 Å². The Morgan fingerprint density at radius 1 is 1.12 bits per heavy atom. The lowest BCUT2D eigenvalue weighted by Crippen LogP contribution is -2.15. The molecule has 0 radical (unpaired) electrons. The fourth-order valence-electron chi connectivity index (χ4n) is 2.22. The van der Waals surface area contributed by atoms with Gasteiger partial charge in [0, 0.05) is 0 Å². The average molecular weight is 365 g/mol. The first kappa shape index (κ1) is 17.3. The number of ether oxygens (including phenoxy) is 1. The molecule has 0 fully saturated rings. The molecule has 0 aliphatic rings. The number of rotatable bonds is 3. The first-order chi connectivity index (χ1) is 12.2. The second kappa shape index (κ2) is 6.10. The molecule has 3 aromatic rings. The molecule has 0 atom stereocenters. The number of fused-ring (bicyclic) bond motifs is 1. The molecule has 0 unspecified atom stereocenters. The van der Waals surface area contributed by atoms with Crippen LogP contribution in [0.15, 0.2) is 51.7 Å². The van der Waals surface area contributed by atoms with E-state index in [1.807, 2.05) is 0 Å². The van der Waals surface area contributed by atoms with Gasteiger partial charge in [-0.1, -0.05) is 6.07 Å². The van der Waals surface area contributed by atoms with Gasteiger partial charge in [-0.25, -0.2) is 4.79 Å². The third-order valence-corrected chi connectivity index (χ3v) is 3.40. The highest BCUT2D eigenvalue weighted by molar-refractivity contribution is 5.87. The molecule has 0 bridgehead atoms. The van der Waals surface area contributed by atoms with Crippen LogP contribution in [-0.2, 0) is 6.18 Å². The largest absolute Gasteiger partial charge is 0.872 e. The zero-order chi connectivity index (χ0) is 19.1. The number of carboxylic acids is 1. The second-order valence-corrected chi connectivity index (χ2v) is 5.18. The quantitative estimate of drug-likeness (QED) is 0.764. The van der Waals surface area contributed by atoms with Gasteiger partial charge in [0.2, 0.25) is 11.2 Å². The summed E-state index contributed by atoms with van der Waals surface area (Å²) in [5.74, 6) is -4.83. The number of hydrogen-bond donors (Lipinski definition) is 1. The van der Waals surface area contributed by atoms with E-state index in [-0.39, 0.29) is 16.7 Å². The van der Waals surface area contributed by atoms with Crippen LogP contribution in [0.2, 0.25) is 0 Å². The molecule has 9 heteroatoms. The number of carboxylic acid groups (broad SMARTS) is 1. The minimum atomic E-state index is -5.05. The SMILES string of the molecule is O=C(O)c1ccc(Oc2c(C(F)(F)F)oc3cc([O-])ccc3c2=O)cc1. The predicted molar refractivity (Wildman–Crippen MR) is 80.4 cm³/mol. The fraction of sp³-hybridized carbons (Fsp3) is 0.0588.